The Bertz CT molecular complexity index is 709. The fourth-order valence-electron chi connectivity index (χ4n) is 3.38. The van der Waals surface area contributed by atoms with Crippen LogP contribution in [0.4, 0.5) is 9.18 Å². The Balaban J connectivity index is 1.88. The van der Waals surface area contributed by atoms with Gasteiger partial charge in [-0.25, -0.2) is 9.18 Å². The lowest BCUT2D eigenvalue weighted by Crippen LogP contribution is -2.56. The Morgan fingerprint density at radius 1 is 1.29 bits per heavy atom. The first-order chi connectivity index (χ1) is 13.3. The van der Waals surface area contributed by atoms with Crippen molar-refractivity contribution in [3.8, 4) is 11.5 Å². The van der Waals surface area contributed by atoms with Gasteiger partial charge in [0.2, 0.25) is 0 Å². The van der Waals surface area contributed by atoms with Crippen molar-refractivity contribution in [3.05, 3.63) is 23.5 Å². The number of rotatable bonds is 9. The number of carboxylic acids is 1. The van der Waals surface area contributed by atoms with Crippen LogP contribution in [-0.2, 0) is 4.79 Å². The second-order valence-corrected chi connectivity index (χ2v) is 6.85. The molecule has 0 bridgehead atoms. The summed E-state index contributed by atoms with van der Waals surface area (Å²) in [6.45, 7) is 4.23. The van der Waals surface area contributed by atoms with E-state index in [0.29, 0.717) is 25.1 Å². The summed E-state index contributed by atoms with van der Waals surface area (Å²) >= 11 is 0. The number of ether oxygens (including phenoxy) is 2. The number of hydrogen-bond acceptors (Lipinski definition) is 5. The van der Waals surface area contributed by atoms with E-state index in [9.17, 15) is 14.0 Å². The summed E-state index contributed by atoms with van der Waals surface area (Å²) in [7, 11) is 2.88. The largest absolute Gasteiger partial charge is 0.493 e. The lowest BCUT2D eigenvalue weighted by atomic mass is 9.85. The molecular weight excluding hydrogens is 369 g/mol. The first kappa shape index (κ1) is 21.7. The molecule has 0 heterocycles. The molecule has 0 radical (unpaired) electrons. The van der Waals surface area contributed by atoms with Crippen LogP contribution in [0.1, 0.15) is 38.3 Å². The number of methoxy groups -OCH3 is 2. The number of likely N-dealkylation sites (N-methyl/N-ethyl adjacent to an activating group) is 1. The van der Waals surface area contributed by atoms with E-state index in [0.717, 1.165) is 0 Å². The topological polar surface area (TPSA) is 100 Å². The quantitative estimate of drug-likeness (QED) is 0.590. The van der Waals surface area contributed by atoms with Gasteiger partial charge in [0.15, 0.2) is 11.5 Å². The monoisotopic (exact) mass is 397 g/mol. The smallest absolute Gasteiger partial charge is 0.317 e. The van der Waals surface area contributed by atoms with Crippen LogP contribution < -0.4 is 20.1 Å². The van der Waals surface area contributed by atoms with E-state index in [4.69, 9.17) is 14.6 Å². The van der Waals surface area contributed by atoms with Gasteiger partial charge in [0.1, 0.15) is 5.82 Å². The number of aliphatic carboxylic acids is 1. The number of carbonyl (C=O) groups is 2. The second kappa shape index (κ2) is 9.59. The molecule has 1 saturated carbocycles. The van der Waals surface area contributed by atoms with Crippen molar-refractivity contribution in [1.29, 1.82) is 0 Å². The standard InChI is InChI=1S/C19H28FN3O5/c1-5-23(10-18(24)25)13-6-12(7-13)22-19(26)21-11(2)14-8-16(27-3)17(28-4)9-15(14)20/h8-9,11-13H,5-7,10H2,1-4H3,(H,24,25)(H2,21,22,26). The molecule has 1 fully saturated rings. The molecule has 0 spiro atoms. The Labute approximate surface area is 164 Å². The van der Waals surface area contributed by atoms with Crippen molar-refractivity contribution < 1.29 is 28.6 Å². The summed E-state index contributed by atoms with van der Waals surface area (Å²) in [6.07, 6.45) is 1.38. The fourth-order valence-corrected chi connectivity index (χ4v) is 3.38. The predicted octanol–water partition coefficient (Wildman–Crippen LogP) is 2.14. The third-order valence-electron chi connectivity index (χ3n) is 5.03. The number of hydrogen-bond donors (Lipinski definition) is 3. The number of urea groups is 1. The van der Waals surface area contributed by atoms with Crippen LogP contribution in [0.5, 0.6) is 11.5 Å². The maximum Gasteiger partial charge on any atom is 0.317 e. The van der Waals surface area contributed by atoms with Crippen LogP contribution >= 0.6 is 0 Å². The minimum Gasteiger partial charge on any atom is -0.493 e. The molecule has 0 aromatic heterocycles. The van der Waals surface area contributed by atoms with Crippen LogP contribution in [-0.4, -0.2) is 61.4 Å². The number of benzene rings is 1. The molecule has 28 heavy (non-hydrogen) atoms. The Morgan fingerprint density at radius 3 is 2.43 bits per heavy atom. The van der Waals surface area contributed by atoms with Crippen molar-refractivity contribution in [3.63, 3.8) is 0 Å². The lowest BCUT2D eigenvalue weighted by Gasteiger charge is -2.42. The summed E-state index contributed by atoms with van der Waals surface area (Å²) in [6, 6.07) is 1.87. The van der Waals surface area contributed by atoms with Gasteiger partial charge < -0.3 is 25.2 Å². The summed E-state index contributed by atoms with van der Waals surface area (Å²) in [5.74, 6) is -0.696. The van der Waals surface area contributed by atoms with Crippen molar-refractivity contribution >= 4 is 12.0 Å². The minimum absolute atomic E-state index is 0.00427. The first-order valence-electron chi connectivity index (χ1n) is 9.23. The Kier molecular flexibility index (Phi) is 7.45. The molecule has 0 aliphatic heterocycles. The van der Waals surface area contributed by atoms with E-state index in [-0.39, 0.29) is 29.9 Å². The maximum atomic E-state index is 14.3. The molecule has 1 aliphatic rings. The van der Waals surface area contributed by atoms with Gasteiger partial charge in [0, 0.05) is 23.7 Å². The third kappa shape index (κ3) is 5.25. The highest BCUT2D eigenvalue weighted by molar-refractivity contribution is 5.75. The molecule has 2 amide bonds. The molecule has 1 aromatic rings. The molecule has 1 aliphatic carbocycles. The van der Waals surface area contributed by atoms with Gasteiger partial charge in [0.05, 0.1) is 26.8 Å². The highest BCUT2D eigenvalue weighted by Gasteiger charge is 2.34. The van der Waals surface area contributed by atoms with Gasteiger partial charge in [-0.05, 0) is 32.4 Å². The first-order valence-corrected chi connectivity index (χ1v) is 9.23. The number of halogens is 1. The SMILES string of the molecule is CCN(CC(=O)O)C1CC(NC(=O)NC(C)c2cc(OC)c(OC)cc2F)C1. The summed E-state index contributed by atoms with van der Waals surface area (Å²) in [5, 5.41) is 14.5. The number of carbonyl (C=O) groups excluding carboxylic acids is 1. The summed E-state index contributed by atoms with van der Waals surface area (Å²) in [5.41, 5.74) is 0.290. The molecule has 0 saturated heterocycles. The van der Waals surface area contributed by atoms with Crippen molar-refractivity contribution in [2.75, 3.05) is 27.3 Å². The number of carboxylic acid groups (broad SMARTS) is 1. The zero-order chi connectivity index (χ0) is 20.8. The Morgan fingerprint density at radius 2 is 1.89 bits per heavy atom. The second-order valence-electron chi connectivity index (χ2n) is 6.85. The third-order valence-corrected chi connectivity index (χ3v) is 5.03. The summed E-state index contributed by atoms with van der Waals surface area (Å²) in [4.78, 5) is 25.0. The van der Waals surface area contributed by atoms with Gasteiger partial charge in [-0.3, -0.25) is 9.69 Å². The van der Waals surface area contributed by atoms with E-state index >= 15 is 0 Å². The van der Waals surface area contributed by atoms with E-state index in [1.165, 1.54) is 26.4 Å². The van der Waals surface area contributed by atoms with Crippen LogP contribution in [0.2, 0.25) is 0 Å². The molecule has 9 heteroatoms. The molecule has 1 aromatic carbocycles. The maximum absolute atomic E-state index is 14.3. The van der Waals surface area contributed by atoms with Gasteiger partial charge >= 0.3 is 12.0 Å². The van der Waals surface area contributed by atoms with Crippen LogP contribution in [0.25, 0.3) is 0 Å². The van der Waals surface area contributed by atoms with E-state index < -0.39 is 23.9 Å². The zero-order valence-electron chi connectivity index (χ0n) is 16.6. The number of amides is 2. The molecule has 1 atom stereocenters. The average molecular weight is 397 g/mol. The zero-order valence-corrected chi connectivity index (χ0v) is 16.6. The molecule has 8 nitrogen and oxygen atoms in total. The van der Waals surface area contributed by atoms with E-state index in [1.807, 2.05) is 11.8 Å². The van der Waals surface area contributed by atoms with Crippen molar-refractivity contribution in [1.82, 2.24) is 15.5 Å². The predicted molar refractivity (Wildman–Crippen MR) is 101 cm³/mol. The van der Waals surface area contributed by atoms with E-state index in [1.54, 1.807) is 6.92 Å². The lowest BCUT2D eigenvalue weighted by molar-refractivity contribution is -0.139. The van der Waals surface area contributed by atoms with Crippen molar-refractivity contribution in [2.24, 2.45) is 0 Å². The molecule has 2 rings (SSSR count). The fraction of sp³-hybridized carbons (Fsp3) is 0.579. The van der Waals surface area contributed by atoms with Gasteiger partial charge in [0.25, 0.3) is 0 Å². The summed E-state index contributed by atoms with van der Waals surface area (Å²) < 4.78 is 24.6. The molecule has 3 N–H and O–H groups in total. The normalized spacial score (nSPS) is 19.5. The number of nitrogens with one attached hydrogen (secondary N) is 2. The highest BCUT2D eigenvalue weighted by Crippen LogP contribution is 2.32. The van der Waals surface area contributed by atoms with Crippen molar-refractivity contribution in [2.45, 2.75) is 44.8 Å². The molecule has 1 unspecified atom stereocenters. The number of nitrogens with zero attached hydrogens (tertiary/aromatic N) is 1. The van der Waals surface area contributed by atoms with Crippen LogP contribution in [0.15, 0.2) is 12.1 Å². The Hall–Kier alpha value is -2.55. The minimum atomic E-state index is -0.859. The average Bonchev–Trinajstić information content (AvgIpc) is 2.61. The highest BCUT2D eigenvalue weighted by atomic mass is 19.1. The van der Waals surface area contributed by atoms with Crippen LogP contribution in [0, 0.1) is 5.82 Å². The molecular formula is C19H28FN3O5. The van der Waals surface area contributed by atoms with Gasteiger partial charge in [-0.2, -0.15) is 0 Å². The van der Waals surface area contributed by atoms with Gasteiger partial charge in [-0.1, -0.05) is 6.92 Å². The van der Waals surface area contributed by atoms with Gasteiger partial charge in [-0.15, -0.1) is 0 Å². The molecule has 156 valence electrons. The van der Waals surface area contributed by atoms with Crippen LogP contribution in [0.3, 0.4) is 0 Å². The van der Waals surface area contributed by atoms with E-state index in [2.05, 4.69) is 10.6 Å².